The van der Waals surface area contributed by atoms with E-state index in [-0.39, 0.29) is 40.7 Å². The lowest BCUT2D eigenvalue weighted by Crippen LogP contribution is -2.31. The Balaban J connectivity index is 1.70. The molecule has 0 saturated heterocycles. The van der Waals surface area contributed by atoms with Crippen LogP contribution in [0.3, 0.4) is 0 Å². The monoisotopic (exact) mass is 424 g/mol. The molecule has 2 atom stereocenters. The van der Waals surface area contributed by atoms with Gasteiger partial charge in [0.1, 0.15) is 11.6 Å². The number of aromatic amines is 2. The number of nitro benzene ring substituents is 1. The summed E-state index contributed by atoms with van der Waals surface area (Å²) in [7, 11) is 0. The molecule has 1 aliphatic carbocycles. The number of rotatable bonds is 3. The molecule has 0 saturated carbocycles. The van der Waals surface area contributed by atoms with E-state index in [1.165, 1.54) is 18.2 Å². The molecule has 2 aliphatic rings. The number of nitrogens with zero attached hydrogens (tertiary/aromatic N) is 1. The van der Waals surface area contributed by atoms with Crippen molar-refractivity contribution in [1.82, 2.24) is 10.2 Å². The number of carbonyl (C=O) groups excluding carboxylic acids is 1. The molecule has 5 rings (SSSR count). The Morgan fingerprint density at radius 1 is 1.17 bits per heavy atom. The van der Waals surface area contributed by atoms with E-state index in [1.54, 1.807) is 11.3 Å². The average molecular weight is 424 g/mol. The number of aromatic hydroxyl groups is 1. The zero-order valence-electron chi connectivity index (χ0n) is 15.5. The van der Waals surface area contributed by atoms with E-state index in [1.807, 2.05) is 17.5 Å². The van der Waals surface area contributed by atoms with Crippen molar-refractivity contribution in [3.05, 3.63) is 83.5 Å². The molecule has 0 fully saturated rings. The number of fused-ring (bicyclic) bond motifs is 1. The van der Waals surface area contributed by atoms with E-state index in [4.69, 9.17) is 0 Å². The van der Waals surface area contributed by atoms with Gasteiger partial charge >= 0.3 is 0 Å². The number of nitro groups is 1. The summed E-state index contributed by atoms with van der Waals surface area (Å²) in [6.45, 7) is 0. The van der Waals surface area contributed by atoms with E-state index < -0.39 is 16.4 Å². The summed E-state index contributed by atoms with van der Waals surface area (Å²) in [6, 6.07) is 7.56. The summed E-state index contributed by atoms with van der Waals surface area (Å²) in [6.07, 6.45) is 0.825. The fourth-order valence-electron chi connectivity index (χ4n) is 4.34. The standard InChI is InChI=1S/C20H16N4O5S/c25-13-4-3-10(24(28)29)8-11(13)16-17-12(21-19-18(16)20(27)23-22-19)6-9(7-14(17)26)15-2-1-5-30-15/h1-5,8-9,16,25H,6-7H2,(H3,21,22,23,27)/t9-,16-/m1/s1. The van der Waals surface area contributed by atoms with Crippen LogP contribution in [-0.4, -0.2) is 26.0 Å². The summed E-state index contributed by atoms with van der Waals surface area (Å²) in [5, 5.41) is 32.2. The zero-order chi connectivity index (χ0) is 21.0. The van der Waals surface area contributed by atoms with Gasteiger partial charge in [0.2, 0.25) is 0 Å². The first kappa shape index (κ1) is 18.4. The van der Waals surface area contributed by atoms with Gasteiger partial charge in [0, 0.05) is 46.2 Å². The fraction of sp³-hybridized carbons (Fsp3) is 0.200. The highest BCUT2D eigenvalue weighted by Crippen LogP contribution is 2.49. The number of hydrogen-bond acceptors (Lipinski definition) is 7. The van der Waals surface area contributed by atoms with Crippen LogP contribution in [0.4, 0.5) is 11.5 Å². The molecule has 0 unspecified atom stereocenters. The highest BCUT2D eigenvalue weighted by molar-refractivity contribution is 7.10. The van der Waals surface area contributed by atoms with Gasteiger partial charge in [-0.15, -0.1) is 11.3 Å². The Morgan fingerprint density at radius 3 is 2.73 bits per heavy atom. The third kappa shape index (κ3) is 2.76. The van der Waals surface area contributed by atoms with Crippen molar-refractivity contribution in [1.29, 1.82) is 0 Å². The van der Waals surface area contributed by atoms with Crippen molar-refractivity contribution >= 4 is 28.6 Å². The fourth-order valence-corrected chi connectivity index (χ4v) is 5.17. The predicted octanol–water partition coefficient (Wildman–Crippen LogP) is 3.34. The van der Waals surface area contributed by atoms with E-state index in [0.29, 0.717) is 23.5 Å². The van der Waals surface area contributed by atoms with Gasteiger partial charge in [-0.1, -0.05) is 6.07 Å². The van der Waals surface area contributed by atoms with E-state index in [2.05, 4.69) is 15.5 Å². The molecule has 1 aromatic carbocycles. The number of thiophene rings is 1. The molecule has 2 aromatic heterocycles. The number of anilines is 1. The topological polar surface area (TPSA) is 141 Å². The minimum atomic E-state index is -0.900. The highest BCUT2D eigenvalue weighted by atomic mass is 32.1. The van der Waals surface area contributed by atoms with Gasteiger partial charge in [-0.05, 0) is 23.9 Å². The minimum absolute atomic E-state index is 0.00956. The predicted molar refractivity (Wildman–Crippen MR) is 110 cm³/mol. The van der Waals surface area contributed by atoms with Gasteiger partial charge in [-0.2, -0.15) is 0 Å². The van der Waals surface area contributed by atoms with Gasteiger partial charge in [-0.3, -0.25) is 29.9 Å². The maximum absolute atomic E-state index is 13.3. The number of aromatic nitrogens is 2. The van der Waals surface area contributed by atoms with Crippen molar-refractivity contribution in [3.8, 4) is 5.75 Å². The van der Waals surface area contributed by atoms with Crippen LogP contribution in [0.15, 0.2) is 51.8 Å². The summed E-state index contributed by atoms with van der Waals surface area (Å²) in [5.41, 5.74) is 0.740. The lowest BCUT2D eigenvalue weighted by Gasteiger charge is -2.34. The molecule has 152 valence electrons. The minimum Gasteiger partial charge on any atom is -0.508 e. The third-order valence-electron chi connectivity index (χ3n) is 5.65. The number of Topliss-reactive ketones (excluding diaryl/α,β-unsaturated/α-hetero) is 1. The Labute approximate surface area is 173 Å². The van der Waals surface area contributed by atoms with Crippen LogP contribution in [0, 0.1) is 10.1 Å². The third-order valence-corrected chi connectivity index (χ3v) is 6.69. The Bertz CT molecular complexity index is 1270. The first-order chi connectivity index (χ1) is 14.4. The Morgan fingerprint density at radius 2 is 2.00 bits per heavy atom. The van der Waals surface area contributed by atoms with Crippen molar-refractivity contribution in [2.75, 3.05) is 5.32 Å². The number of phenolic OH excluding ortho intramolecular Hbond substituents is 1. The SMILES string of the molecule is O=C1C[C@H](c2cccs2)CC2=C1[C@@H](c1cc([N+](=O)[O-])ccc1O)c1c([nH][nH]c1=O)N2. The number of nitrogens with one attached hydrogen (secondary N) is 3. The maximum Gasteiger partial charge on any atom is 0.270 e. The number of H-pyrrole nitrogens is 2. The van der Waals surface area contributed by atoms with Crippen LogP contribution in [0.1, 0.15) is 40.7 Å². The number of carbonyl (C=O) groups is 1. The molecular formula is C20H16N4O5S. The number of allylic oxidation sites excluding steroid dienone is 2. The number of hydrogen-bond donors (Lipinski definition) is 4. The van der Waals surface area contributed by atoms with Crippen molar-refractivity contribution in [2.45, 2.75) is 24.7 Å². The van der Waals surface area contributed by atoms with Gasteiger partial charge in [-0.25, -0.2) is 0 Å². The van der Waals surface area contributed by atoms with Crippen LogP contribution in [0.25, 0.3) is 0 Å². The average Bonchev–Trinajstić information content (AvgIpc) is 3.37. The summed E-state index contributed by atoms with van der Waals surface area (Å²) in [5.74, 6) is -0.851. The molecule has 0 bridgehead atoms. The molecule has 1 aliphatic heterocycles. The van der Waals surface area contributed by atoms with Gasteiger partial charge < -0.3 is 10.4 Å². The van der Waals surface area contributed by atoms with Crippen molar-refractivity contribution < 1.29 is 14.8 Å². The van der Waals surface area contributed by atoms with E-state index in [9.17, 15) is 24.8 Å². The van der Waals surface area contributed by atoms with Gasteiger partial charge in [0.25, 0.3) is 11.2 Å². The molecule has 3 heterocycles. The molecule has 4 N–H and O–H groups in total. The molecule has 9 nitrogen and oxygen atoms in total. The van der Waals surface area contributed by atoms with Crippen LogP contribution >= 0.6 is 11.3 Å². The first-order valence-corrected chi connectivity index (χ1v) is 10.2. The Hall–Kier alpha value is -3.66. The van der Waals surface area contributed by atoms with Crippen LogP contribution in [0.5, 0.6) is 5.75 Å². The molecule has 30 heavy (non-hydrogen) atoms. The van der Waals surface area contributed by atoms with Crippen molar-refractivity contribution in [2.24, 2.45) is 0 Å². The second-order valence-electron chi connectivity index (χ2n) is 7.36. The Kier molecular flexibility index (Phi) is 4.10. The van der Waals surface area contributed by atoms with Crippen LogP contribution in [-0.2, 0) is 4.79 Å². The largest absolute Gasteiger partial charge is 0.508 e. The molecule has 10 heteroatoms. The maximum atomic E-state index is 13.3. The molecular weight excluding hydrogens is 408 g/mol. The first-order valence-electron chi connectivity index (χ1n) is 9.28. The summed E-state index contributed by atoms with van der Waals surface area (Å²) in [4.78, 5) is 37.6. The number of ketones is 1. The van der Waals surface area contributed by atoms with E-state index in [0.717, 1.165) is 4.88 Å². The number of phenols is 1. The molecule has 0 radical (unpaired) electrons. The number of benzene rings is 1. The lowest BCUT2D eigenvalue weighted by molar-refractivity contribution is -0.384. The zero-order valence-corrected chi connectivity index (χ0v) is 16.3. The van der Waals surface area contributed by atoms with Crippen LogP contribution < -0.4 is 10.9 Å². The number of non-ortho nitro benzene ring substituents is 1. The normalized spacial score (nSPS) is 20.5. The molecule has 0 amide bonds. The van der Waals surface area contributed by atoms with Crippen LogP contribution in [0.2, 0.25) is 0 Å². The highest BCUT2D eigenvalue weighted by Gasteiger charge is 2.41. The quantitative estimate of drug-likeness (QED) is 0.375. The van der Waals surface area contributed by atoms with E-state index >= 15 is 0 Å². The second-order valence-corrected chi connectivity index (χ2v) is 8.34. The second kappa shape index (κ2) is 6.70. The van der Waals surface area contributed by atoms with Crippen molar-refractivity contribution in [3.63, 3.8) is 0 Å². The summed E-state index contributed by atoms with van der Waals surface area (Å²) >= 11 is 1.58. The smallest absolute Gasteiger partial charge is 0.270 e. The van der Waals surface area contributed by atoms with Gasteiger partial charge in [0.05, 0.1) is 16.4 Å². The molecule has 3 aromatic rings. The lowest BCUT2D eigenvalue weighted by atomic mass is 9.73. The van der Waals surface area contributed by atoms with Gasteiger partial charge in [0.15, 0.2) is 5.78 Å². The summed E-state index contributed by atoms with van der Waals surface area (Å²) < 4.78 is 0. The molecule has 0 spiro atoms.